The summed E-state index contributed by atoms with van der Waals surface area (Å²) >= 11 is 0. The van der Waals surface area contributed by atoms with Crippen molar-refractivity contribution in [2.45, 2.75) is 32.6 Å². The highest BCUT2D eigenvalue weighted by Gasteiger charge is 2.14. The minimum absolute atomic E-state index is 0.0121. The summed E-state index contributed by atoms with van der Waals surface area (Å²) in [6, 6.07) is 5.59. The van der Waals surface area contributed by atoms with Crippen LogP contribution in [-0.2, 0) is 15.8 Å². The van der Waals surface area contributed by atoms with Crippen molar-refractivity contribution in [3.63, 3.8) is 0 Å². The molecule has 1 atom stereocenters. The largest absolute Gasteiger partial charge is 0.327 e. The number of sulfonamides is 1. The number of hydrogen-bond donors (Lipinski definition) is 2. The molecule has 0 saturated carbocycles. The Morgan fingerprint density at radius 3 is 2.29 bits per heavy atom. The van der Waals surface area contributed by atoms with Crippen LogP contribution in [0.15, 0.2) is 18.2 Å². The van der Waals surface area contributed by atoms with Gasteiger partial charge in [-0.1, -0.05) is 18.2 Å². The molecule has 17 heavy (non-hydrogen) atoms. The van der Waals surface area contributed by atoms with Gasteiger partial charge in [0.15, 0.2) is 0 Å². The Kier molecular flexibility index (Phi) is 4.68. The molecule has 0 aromatic heterocycles. The molecule has 0 heterocycles. The quantitative estimate of drug-likeness (QED) is 0.827. The highest BCUT2D eigenvalue weighted by Crippen LogP contribution is 2.15. The molecule has 5 heteroatoms. The monoisotopic (exact) mass is 256 g/mol. The third kappa shape index (κ3) is 4.46. The van der Waals surface area contributed by atoms with E-state index in [1.165, 1.54) is 0 Å². The second-order valence-electron chi connectivity index (χ2n) is 4.46. The topological polar surface area (TPSA) is 72.2 Å². The summed E-state index contributed by atoms with van der Waals surface area (Å²) in [7, 11) is -3.30. The van der Waals surface area contributed by atoms with Crippen LogP contribution in [0.3, 0.4) is 0 Å². The van der Waals surface area contributed by atoms with E-state index < -0.39 is 10.0 Å². The van der Waals surface area contributed by atoms with E-state index in [1.54, 1.807) is 6.92 Å². The molecule has 1 aromatic rings. The van der Waals surface area contributed by atoms with Gasteiger partial charge < -0.3 is 5.73 Å². The van der Waals surface area contributed by atoms with Crippen LogP contribution in [0, 0.1) is 13.8 Å². The smallest absolute Gasteiger partial charge is 0.215 e. The first kappa shape index (κ1) is 14.2. The molecular formula is C12H20N2O2S. The van der Waals surface area contributed by atoms with Crippen molar-refractivity contribution in [2.24, 2.45) is 5.73 Å². The van der Waals surface area contributed by atoms with Crippen molar-refractivity contribution < 1.29 is 8.42 Å². The third-order valence-corrected chi connectivity index (χ3v) is 3.88. The van der Waals surface area contributed by atoms with Crippen LogP contribution in [0.4, 0.5) is 0 Å². The Balaban J connectivity index is 2.83. The molecule has 0 amide bonds. The minimum atomic E-state index is -3.30. The van der Waals surface area contributed by atoms with Crippen LogP contribution >= 0.6 is 0 Å². The van der Waals surface area contributed by atoms with Gasteiger partial charge in [0.2, 0.25) is 10.0 Å². The van der Waals surface area contributed by atoms with Crippen molar-refractivity contribution in [2.75, 3.05) is 6.54 Å². The van der Waals surface area contributed by atoms with Crippen LogP contribution in [0.5, 0.6) is 0 Å². The molecule has 1 aromatic carbocycles. The van der Waals surface area contributed by atoms with Crippen LogP contribution in [0.1, 0.15) is 23.6 Å². The molecule has 4 nitrogen and oxygen atoms in total. The first-order valence-electron chi connectivity index (χ1n) is 5.60. The molecule has 1 unspecified atom stereocenters. The molecule has 96 valence electrons. The SMILES string of the molecule is Cc1cccc(C)c1CS(=O)(=O)NCC(C)N. The first-order valence-corrected chi connectivity index (χ1v) is 7.25. The van der Waals surface area contributed by atoms with Gasteiger partial charge in [-0.3, -0.25) is 0 Å². The fraction of sp³-hybridized carbons (Fsp3) is 0.500. The zero-order valence-corrected chi connectivity index (χ0v) is 11.3. The van der Waals surface area contributed by atoms with Gasteiger partial charge in [0.05, 0.1) is 5.75 Å². The van der Waals surface area contributed by atoms with Gasteiger partial charge in [-0.2, -0.15) is 0 Å². The van der Waals surface area contributed by atoms with E-state index in [-0.39, 0.29) is 18.3 Å². The Morgan fingerprint density at radius 2 is 1.82 bits per heavy atom. The molecule has 0 aliphatic rings. The number of aryl methyl sites for hydroxylation is 2. The fourth-order valence-corrected chi connectivity index (χ4v) is 3.03. The van der Waals surface area contributed by atoms with E-state index >= 15 is 0 Å². The Hall–Kier alpha value is -0.910. The maximum absolute atomic E-state index is 11.8. The first-order chi connectivity index (χ1) is 7.82. The van der Waals surface area contributed by atoms with Crippen LogP contribution in [-0.4, -0.2) is 21.0 Å². The van der Waals surface area contributed by atoms with E-state index in [0.29, 0.717) is 0 Å². The van der Waals surface area contributed by atoms with Crippen molar-refractivity contribution in [3.8, 4) is 0 Å². The molecule has 0 saturated heterocycles. The van der Waals surface area contributed by atoms with Gasteiger partial charge in [0.25, 0.3) is 0 Å². The standard InChI is InChI=1S/C12H20N2O2S/c1-9-5-4-6-10(2)12(9)8-17(15,16)14-7-11(3)13/h4-6,11,14H,7-8,13H2,1-3H3. The summed E-state index contributed by atoms with van der Waals surface area (Å²) in [5.41, 5.74) is 8.38. The fourth-order valence-electron chi connectivity index (χ4n) is 1.58. The summed E-state index contributed by atoms with van der Waals surface area (Å²) < 4.78 is 26.2. The maximum atomic E-state index is 11.8. The number of nitrogens with two attached hydrogens (primary N) is 1. The van der Waals surface area contributed by atoms with Gasteiger partial charge in [-0.25, -0.2) is 13.1 Å². The number of hydrogen-bond acceptors (Lipinski definition) is 3. The molecule has 0 fully saturated rings. The lowest BCUT2D eigenvalue weighted by Crippen LogP contribution is -2.36. The second-order valence-corrected chi connectivity index (χ2v) is 6.26. The molecule has 0 spiro atoms. The Bertz CT molecular complexity index is 461. The Labute approximate surface area is 103 Å². The summed E-state index contributed by atoms with van der Waals surface area (Å²) in [5.74, 6) is 0.0121. The second kappa shape index (κ2) is 5.62. The zero-order chi connectivity index (χ0) is 13.1. The highest BCUT2D eigenvalue weighted by molar-refractivity contribution is 7.88. The van der Waals surface area contributed by atoms with Crippen molar-refractivity contribution >= 4 is 10.0 Å². The molecule has 0 bridgehead atoms. The van der Waals surface area contributed by atoms with E-state index in [0.717, 1.165) is 16.7 Å². The van der Waals surface area contributed by atoms with Gasteiger partial charge >= 0.3 is 0 Å². The van der Waals surface area contributed by atoms with Crippen molar-refractivity contribution in [1.29, 1.82) is 0 Å². The molecule has 0 aliphatic carbocycles. The van der Waals surface area contributed by atoms with Crippen LogP contribution < -0.4 is 10.5 Å². The van der Waals surface area contributed by atoms with Crippen LogP contribution in [0.25, 0.3) is 0 Å². The molecule has 0 aliphatic heterocycles. The predicted molar refractivity (Wildman–Crippen MR) is 70.2 cm³/mol. The van der Waals surface area contributed by atoms with Crippen molar-refractivity contribution in [1.82, 2.24) is 4.72 Å². The highest BCUT2D eigenvalue weighted by atomic mass is 32.2. The average molecular weight is 256 g/mol. The number of rotatable bonds is 5. The van der Waals surface area contributed by atoms with E-state index in [1.807, 2.05) is 32.0 Å². The van der Waals surface area contributed by atoms with Gasteiger partial charge in [-0.15, -0.1) is 0 Å². The molecular weight excluding hydrogens is 236 g/mol. The van der Waals surface area contributed by atoms with E-state index in [4.69, 9.17) is 5.73 Å². The molecule has 3 N–H and O–H groups in total. The lowest BCUT2D eigenvalue weighted by Gasteiger charge is -2.12. The van der Waals surface area contributed by atoms with E-state index in [9.17, 15) is 8.42 Å². The van der Waals surface area contributed by atoms with Gasteiger partial charge in [0, 0.05) is 12.6 Å². The number of nitrogens with one attached hydrogen (secondary N) is 1. The van der Waals surface area contributed by atoms with Crippen LogP contribution in [0.2, 0.25) is 0 Å². The lowest BCUT2D eigenvalue weighted by atomic mass is 10.1. The summed E-state index contributed by atoms with van der Waals surface area (Å²) in [6.07, 6.45) is 0. The van der Waals surface area contributed by atoms with E-state index in [2.05, 4.69) is 4.72 Å². The number of benzene rings is 1. The van der Waals surface area contributed by atoms with Gasteiger partial charge in [0.1, 0.15) is 0 Å². The summed E-state index contributed by atoms with van der Waals surface area (Å²) in [4.78, 5) is 0. The van der Waals surface area contributed by atoms with Crippen molar-refractivity contribution in [3.05, 3.63) is 34.9 Å². The Morgan fingerprint density at radius 1 is 1.29 bits per heavy atom. The van der Waals surface area contributed by atoms with Gasteiger partial charge in [-0.05, 0) is 37.5 Å². The predicted octanol–water partition coefficient (Wildman–Crippen LogP) is 1.07. The molecule has 1 rings (SSSR count). The summed E-state index contributed by atoms with van der Waals surface area (Å²) in [5, 5.41) is 0. The zero-order valence-electron chi connectivity index (χ0n) is 10.5. The third-order valence-electron chi connectivity index (χ3n) is 2.60. The average Bonchev–Trinajstić information content (AvgIpc) is 2.21. The summed E-state index contributed by atoms with van der Waals surface area (Å²) in [6.45, 7) is 5.88. The molecule has 0 radical (unpaired) electrons. The normalized spacial score (nSPS) is 13.6. The minimum Gasteiger partial charge on any atom is -0.327 e. The maximum Gasteiger partial charge on any atom is 0.215 e. The lowest BCUT2D eigenvalue weighted by molar-refractivity contribution is 0.573.